The predicted octanol–water partition coefficient (Wildman–Crippen LogP) is 1.58. The van der Waals surface area contributed by atoms with Gasteiger partial charge in [0.05, 0.1) is 16.7 Å². The smallest absolute Gasteiger partial charge is 0.225 e. The van der Waals surface area contributed by atoms with Crippen molar-refractivity contribution in [3.63, 3.8) is 0 Å². The molecule has 2 aromatic rings. The molecule has 0 amide bonds. The van der Waals surface area contributed by atoms with E-state index in [1.54, 1.807) is 24.4 Å². The summed E-state index contributed by atoms with van der Waals surface area (Å²) in [5.41, 5.74) is 2.09. The van der Waals surface area contributed by atoms with Crippen LogP contribution in [0.5, 0.6) is 0 Å². The number of anilines is 1. The maximum atomic E-state index is 14.0. The lowest BCUT2D eigenvalue weighted by Crippen LogP contribution is -2.35. The highest BCUT2D eigenvalue weighted by Gasteiger charge is 2.47. The molecule has 0 spiro atoms. The minimum Gasteiger partial charge on any atom is -0.347 e. The number of rotatable bonds is 3. The number of halogens is 1. The third-order valence-corrected chi connectivity index (χ3v) is 7.26. The second kappa shape index (κ2) is 6.28. The van der Waals surface area contributed by atoms with Gasteiger partial charge < -0.3 is 4.90 Å². The first-order valence-corrected chi connectivity index (χ1v) is 10.3. The van der Waals surface area contributed by atoms with Crippen LogP contribution in [0.2, 0.25) is 0 Å². The van der Waals surface area contributed by atoms with Gasteiger partial charge in [-0.15, -0.1) is 0 Å². The topological polar surface area (TPSA) is 66.4 Å². The number of sulfone groups is 1. The van der Waals surface area contributed by atoms with Gasteiger partial charge in [-0.1, -0.05) is 18.2 Å². The molecule has 4 rings (SSSR count). The molecule has 6 nitrogen and oxygen atoms in total. The lowest BCUT2D eigenvalue weighted by molar-refractivity contribution is 0.321. The van der Waals surface area contributed by atoms with E-state index in [1.807, 2.05) is 23.9 Å². The summed E-state index contributed by atoms with van der Waals surface area (Å²) in [6, 6.07) is 6.63. The van der Waals surface area contributed by atoms with Crippen molar-refractivity contribution in [1.29, 1.82) is 0 Å². The second-order valence-electron chi connectivity index (χ2n) is 7.21. The molecular weight excluding hydrogens is 355 g/mol. The van der Waals surface area contributed by atoms with Crippen LogP contribution in [0.15, 0.2) is 30.5 Å². The van der Waals surface area contributed by atoms with E-state index in [4.69, 9.17) is 0 Å². The van der Waals surface area contributed by atoms with Gasteiger partial charge in [0.1, 0.15) is 5.82 Å². The average Bonchev–Trinajstić information content (AvgIpc) is 3.01. The standard InChI is InChI=1S/C18H21FN4O2S/c1-22(2)18-20-7-13-11-26(24,25)16-10-23(9-14(16)17(13)21-18)8-12-5-3-4-6-15(12)19/h3-7,14,16H,8-11H2,1-2H3/t14-,16-/m0/s1. The highest BCUT2D eigenvalue weighted by atomic mass is 32.2. The van der Waals surface area contributed by atoms with E-state index in [0.29, 0.717) is 36.7 Å². The summed E-state index contributed by atoms with van der Waals surface area (Å²) < 4.78 is 39.5. The van der Waals surface area contributed by atoms with Crippen molar-refractivity contribution >= 4 is 15.8 Å². The summed E-state index contributed by atoms with van der Waals surface area (Å²) in [5.74, 6) is 0.0968. The predicted molar refractivity (Wildman–Crippen MR) is 97.2 cm³/mol. The van der Waals surface area contributed by atoms with Crippen molar-refractivity contribution in [3.05, 3.63) is 53.1 Å². The van der Waals surface area contributed by atoms with Crippen molar-refractivity contribution in [1.82, 2.24) is 14.9 Å². The molecule has 2 aliphatic rings. The first-order chi connectivity index (χ1) is 12.3. The summed E-state index contributed by atoms with van der Waals surface area (Å²) in [4.78, 5) is 12.7. The van der Waals surface area contributed by atoms with Crippen molar-refractivity contribution in [3.8, 4) is 0 Å². The summed E-state index contributed by atoms with van der Waals surface area (Å²) in [5, 5.41) is -0.494. The molecule has 0 aliphatic carbocycles. The number of aromatic nitrogens is 2. The van der Waals surface area contributed by atoms with Gasteiger partial charge in [0.2, 0.25) is 5.95 Å². The first-order valence-electron chi connectivity index (χ1n) is 8.55. The second-order valence-corrected chi connectivity index (χ2v) is 9.43. The normalized spacial score (nSPS) is 24.1. The van der Waals surface area contributed by atoms with E-state index >= 15 is 0 Å². The van der Waals surface area contributed by atoms with Crippen LogP contribution in [0.1, 0.15) is 22.7 Å². The average molecular weight is 376 g/mol. The number of hydrogen-bond acceptors (Lipinski definition) is 6. The molecular formula is C18H21FN4O2S. The molecule has 0 radical (unpaired) electrons. The minimum absolute atomic E-state index is 0.0231. The Kier molecular flexibility index (Phi) is 4.19. The van der Waals surface area contributed by atoms with Crippen LogP contribution in [0.3, 0.4) is 0 Å². The summed E-state index contributed by atoms with van der Waals surface area (Å²) >= 11 is 0. The maximum absolute atomic E-state index is 14.0. The van der Waals surface area contributed by atoms with Crippen molar-refractivity contribution < 1.29 is 12.8 Å². The van der Waals surface area contributed by atoms with Crippen LogP contribution < -0.4 is 4.90 Å². The number of nitrogens with zero attached hydrogens (tertiary/aromatic N) is 4. The molecule has 0 unspecified atom stereocenters. The molecule has 138 valence electrons. The largest absolute Gasteiger partial charge is 0.347 e. The fourth-order valence-electron chi connectivity index (χ4n) is 3.86. The molecule has 2 atom stereocenters. The fraction of sp³-hybridized carbons (Fsp3) is 0.444. The van der Waals surface area contributed by atoms with Crippen LogP contribution in [-0.2, 0) is 22.1 Å². The van der Waals surface area contributed by atoms with E-state index in [-0.39, 0.29) is 17.5 Å². The van der Waals surface area contributed by atoms with Gasteiger partial charge in [-0.3, -0.25) is 4.90 Å². The molecule has 0 saturated carbocycles. The number of benzene rings is 1. The molecule has 1 aromatic carbocycles. The van der Waals surface area contributed by atoms with E-state index in [9.17, 15) is 12.8 Å². The Labute approximate surface area is 152 Å². The third-order valence-electron chi connectivity index (χ3n) is 5.15. The van der Waals surface area contributed by atoms with Crippen LogP contribution >= 0.6 is 0 Å². The van der Waals surface area contributed by atoms with Crippen LogP contribution in [0, 0.1) is 5.82 Å². The zero-order valence-electron chi connectivity index (χ0n) is 14.8. The number of likely N-dealkylation sites (tertiary alicyclic amines) is 1. The van der Waals surface area contributed by atoms with Crippen LogP contribution in [-0.4, -0.2) is 55.7 Å². The van der Waals surface area contributed by atoms with Crippen LogP contribution in [0.4, 0.5) is 10.3 Å². The van der Waals surface area contributed by atoms with E-state index in [1.165, 1.54) is 6.07 Å². The van der Waals surface area contributed by atoms with E-state index in [2.05, 4.69) is 9.97 Å². The quantitative estimate of drug-likeness (QED) is 0.810. The van der Waals surface area contributed by atoms with Crippen LogP contribution in [0.25, 0.3) is 0 Å². The Morgan fingerprint density at radius 2 is 2.04 bits per heavy atom. The molecule has 1 saturated heterocycles. The molecule has 3 heterocycles. The zero-order valence-corrected chi connectivity index (χ0v) is 15.6. The fourth-order valence-corrected chi connectivity index (χ4v) is 5.88. The first kappa shape index (κ1) is 17.4. The Bertz CT molecular complexity index is 948. The Hall–Kier alpha value is -2.06. The monoisotopic (exact) mass is 376 g/mol. The SMILES string of the molecule is CN(C)c1ncc2c(n1)[C@H]1CN(Cc3ccccc3F)C[C@@H]1S(=O)(=O)C2. The molecule has 0 bridgehead atoms. The molecule has 26 heavy (non-hydrogen) atoms. The minimum atomic E-state index is -3.27. The molecule has 2 aliphatic heterocycles. The summed E-state index contributed by atoms with van der Waals surface area (Å²) in [7, 11) is 0.447. The molecule has 1 aromatic heterocycles. The highest BCUT2D eigenvalue weighted by Crippen LogP contribution is 2.40. The molecule has 1 fully saturated rings. The third kappa shape index (κ3) is 2.97. The Morgan fingerprint density at radius 1 is 1.27 bits per heavy atom. The van der Waals surface area contributed by atoms with Crippen molar-refractivity contribution in [2.24, 2.45) is 0 Å². The highest BCUT2D eigenvalue weighted by molar-refractivity contribution is 7.91. The number of hydrogen-bond donors (Lipinski definition) is 0. The van der Waals surface area contributed by atoms with Gasteiger partial charge in [-0.05, 0) is 6.07 Å². The van der Waals surface area contributed by atoms with E-state index < -0.39 is 15.1 Å². The zero-order chi connectivity index (χ0) is 18.5. The van der Waals surface area contributed by atoms with E-state index in [0.717, 1.165) is 5.69 Å². The maximum Gasteiger partial charge on any atom is 0.225 e. The van der Waals surface area contributed by atoms with Crippen molar-refractivity contribution in [2.45, 2.75) is 23.5 Å². The molecule has 0 N–H and O–H groups in total. The lowest BCUT2D eigenvalue weighted by atomic mass is 10.00. The van der Waals surface area contributed by atoms with Crippen molar-refractivity contribution in [2.75, 3.05) is 32.1 Å². The van der Waals surface area contributed by atoms with Gasteiger partial charge in [-0.25, -0.2) is 22.8 Å². The lowest BCUT2D eigenvalue weighted by Gasteiger charge is -2.27. The van der Waals surface area contributed by atoms with Gasteiger partial charge >= 0.3 is 0 Å². The molecule has 8 heteroatoms. The van der Waals surface area contributed by atoms with Gasteiger partial charge in [-0.2, -0.15) is 0 Å². The summed E-state index contributed by atoms with van der Waals surface area (Å²) in [6.07, 6.45) is 1.63. The van der Waals surface area contributed by atoms with Gasteiger partial charge in [0, 0.05) is 57.0 Å². The number of fused-ring (bicyclic) bond motifs is 3. The van der Waals surface area contributed by atoms with Gasteiger partial charge in [0.15, 0.2) is 9.84 Å². The Balaban J connectivity index is 1.67. The summed E-state index contributed by atoms with van der Waals surface area (Å²) in [6.45, 7) is 1.35. The van der Waals surface area contributed by atoms with Gasteiger partial charge in [0.25, 0.3) is 0 Å². The Morgan fingerprint density at radius 3 is 2.77 bits per heavy atom.